The second kappa shape index (κ2) is 5.48. The number of carboxylic acids is 1. The number of carboxylic acid groups (broad SMARTS) is 1. The number of carbonyl (C=O) groups is 1. The summed E-state index contributed by atoms with van der Waals surface area (Å²) in [5, 5.41) is 10.8. The molecule has 1 heterocycles. The number of hydrogen-bond acceptors (Lipinski definition) is 3. The Morgan fingerprint density at radius 1 is 1.05 bits per heavy atom. The van der Waals surface area contributed by atoms with Gasteiger partial charge in [0, 0.05) is 26.6 Å². The second-order valence-electron chi connectivity index (χ2n) is 4.57. The number of benzene rings is 2. The zero-order valence-corrected chi connectivity index (χ0v) is 12.5. The van der Waals surface area contributed by atoms with Gasteiger partial charge in [0.05, 0.1) is 5.39 Å². The van der Waals surface area contributed by atoms with Gasteiger partial charge in [-0.2, -0.15) is 0 Å². The van der Waals surface area contributed by atoms with Crippen LogP contribution in [-0.4, -0.2) is 11.1 Å². The van der Waals surface area contributed by atoms with Crippen molar-refractivity contribution >= 4 is 39.9 Å². The lowest BCUT2D eigenvalue weighted by atomic mass is 9.98. The standard InChI is InChI=1S/C16H8Cl2O4/c17-8-5-6-12(18)11(7-8)13-9-3-1-2-4-10(9)16(21)22-14(13)15(19)20/h1-7H,(H,19,20). The van der Waals surface area contributed by atoms with Gasteiger partial charge in [0.2, 0.25) is 5.76 Å². The molecule has 0 fully saturated rings. The summed E-state index contributed by atoms with van der Waals surface area (Å²) in [6, 6.07) is 11.3. The van der Waals surface area contributed by atoms with Gasteiger partial charge in [-0.05, 0) is 24.3 Å². The van der Waals surface area contributed by atoms with Crippen molar-refractivity contribution in [1.29, 1.82) is 0 Å². The molecule has 0 atom stereocenters. The third-order valence-electron chi connectivity index (χ3n) is 3.23. The monoisotopic (exact) mass is 334 g/mol. The van der Waals surface area contributed by atoms with E-state index in [2.05, 4.69) is 0 Å². The first-order valence-electron chi connectivity index (χ1n) is 6.23. The van der Waals surface area contributed by atoms with E-state index in [1.807, 2.05) is 0 Å². The van der Waals surface area contributed by atoms with E-state index < -0.39 is 17.4 Å². The Morgan fingerprint density at radius 2 is 1.73 bits per heavy atom. The van der Waals surface area contributed by atoms with Crippen LogP contribution in [0.3, 0.4) is 0 Å². The smallest absolute Gasteiger partial charge is 0.372 e. The van der Waals surface area contributed by atoms with Crippen LogP contribution < -0.4 is 5.63 Å². The molecule has 4 nitrogen and oxygen atoms in total. The molecule has 0 radical (unpaired) electrons. The largest absolute Gasteiger partial charge is 0.475 e. The molecule has 6 heteroatoms. The summed E-state index contributed by atoms with van der Waals surface area (Å²) < 4.78 is 4.98. The number of fused-ring (bicyclic) bond motifs is 1. The lowest BCUT2D eigenvalue weighted by molar-refractivity contribution is 0.0659. The Bertz CT molecular complexity index is 960. The van der Waals surface area contributed by atoms with E-state index in [1.54, 1.807) is 36.4 Å². The summed E-state index contributed by atoms with van der Waals surface area (Å²) >= 11 is 12.2. The van der Waals surface area contributed by atoms with Crippen molar-refractivity contribution in [2.75, 3.05) is 0 Å². The Morgan fingerprint density at radius 3 is 2.41 bits per heavy atom. The predicted molar refractivity (Wildman–Crippen MR) is 84.9 cm³/mol. The minimum atomic E-state index is -1.35. The molecule has 1 N–H and O–H groups in total. The molecule has 0 saturated carbocycles. The molecule has 110 valence electrons. The van der Waals surface area contributed by atoms with E-state index in [1.165, 1.54) is 6.07 Å². The molecule has 3 rings (SSSR count). The van der Waals surface area contributed by atoms with Crippen molar-refractivity contribution in [3.8, 4) is 11.1 Å². The fourth-order valence-electron chi connectivity index (χ4n) is 2.31. The highest BCUT2D eigenvalue weighted by Crippen LogP contribution is 2.36. The summed E-state index contributed by atoms with van der Waals surface area (Å²) in [6.07, 6.45) is 0. The molecule has 2 aromatic carbocycles. The van der Waals surface area contributed by atoms with Crippen molar-refractivity contribution in [2.24, 2.45) is 0 Å². The molecule has 0 saturated heterocycles. The molecule has 0 bridgehead atoms. The van der Waals surface area contributed by atoms with Gasteiger partial charge in [-0.3, -0.25) is 0 Å². The Hall–Kier alpha value is -2.30. The molecule has 0 aliphatic rings. The first-order valence-corrected chi connectivity index (χ1v) is 6.99. The molecular formula is C16H8Cl2O4. The van der Waals surface area contributed by atoms with Crippen LogP contribution in [0.2, 0.25) is 10.0 Å². The average molecular weight is 335 g/mol. The van der Waals surface area contributed by atoms with E-state index >= 15 is 0 Å². The molecule has 1 aromatic heterocycles. The number of halogens is 2. The molecular weight excluding hydrogens is 327 g/mol. The quantitative estimate of drug-likeness (QED) is 0.750. The van der Waals surface area contributed by atoms with Gasteiger partial charge in [0.1, 0.15) is 0 Å². The van der Waals surface area contributed by atoms with E-state index in [-0.39, 0.29) is 10.9 Å². The van der Waals surface area contributed by atoms with Crippen LogP contribution in [0, 0.1) is 0 Å². The zero-order valence-electron chi connectivity index (χ0n) is 11.0. The van der Waals surface area contributed by atoms with Gasteiger partial charge in [-0.25, -0.2) is 9.59 Å². The van der Waals surface area contributed by atoms with E-state index in [9.17, 15) is 14.7 Å². The highest BCUT2D eigenvalue weighted by Gasteiger charge is 2.22. The molecule has 0 unspecified atom stereocenters. The van der Waals surface area contributed by atoms with Crippen LogP contribution in [0.5, 0.6) is 0 Å². The van der Waals surface area contributed by atoms with Gasteiger partial charge < -0.3 is 9.52 Å². The van der Waals surface area contributed by atoms with Crippen LogP contribution in [0.15, 0.2) is 51.7 Å². The van der Waals surface area contributed by atoms with Crippen LogP contribution in [0.4, 0.5) is 0 Å². The number of hydrogen-bond donors (Lipinski definition) is 1. The summed E-state index contributed by atoms with van der Waals surface area (Å²) in [5.41, 5.74) is -0.0865. The Labute approximate surface area is 134 Å². The van der Waals surface area contributed by atoms with Crippen molar-refractivity contribution in [3.05, 3.63) is 68.7 Å². The molecule has 0 amide bonds. The summed E-state index contributed by atoms with van der Waals surface area (Å²) in [4.78, 5) is 23.4. The Kier molecular flexibility index (Phi) is 3.64. The zero-order chi connectivity index (χ0) is 15.9. The highest BCUT2D eigenvalue weighted by molar-refractivity contribution is 6.36. The van der Waals surface area contributed by atoms with Gasteiger partial charge >= 0.3 is 11.6 Å². The molecule has 3 aromatic rings. The van der Waals surface area contributed by atoms with E-state index in [0.29, 0.717) is 21.0 Å². The topological polar surface area (TPSA) is 67.5 Å². The summed E-state index contributed by atoms with van der Waals surface area (Å²) in [7, 11) is 0. The SMILES string of the molecule is O=C(O)c1oc(=O)c2ccccc2c1-c1cc(Cl)ccc1Cl. The third kappa shape index (κ3) is 2.36. The van der Waals surface area contributed by atoms with Crippen LogP contribution in [-0.2, 0) is 0 Å². The first kappa shape index (κ1) is 14.6. The number of aromatic carboxylic acids is 1. The molecule has 0 aliphatic carbocycles. The minimum Gasteiger partial charge on any atom is -0.475 e. The molecule has 22 heavy (non-hydrogen) atoms. The Balaban J connectivity index is 2.53. The highest BCUT2D eigenvalue weighted by atomic mass is 35.5. The second-order valence-corrected chi connectivity index (χ2v) is 5.41. The van der Waals surface area contributed by atoms with Gasteiger partial charge in [0.25, 0.3) is 0 Å². The summed E-state index contributed by atoms with van der Waals surface area (Å²) in [6.45, 7) is 0. The average Bonchev–Trinajstić information content (AvgIpc) is 2.50. The first-order chi connectivity index (χ1) is 10.5. The lowest BCUT2D eigenvalue weighted by Gasteiger charge is -2.11. The van der Waals surface area contributed by atoms with E-state index in [0.717, 1.165) is 0 Å². The predicted octanol–water partition coefficient (Wildman–Crippen LogP) is 4.47. The fraction of sp³-hybridized carbons (Fsp3) is 0. The lowest BCUT2D eigenvalue weighted by Crippen LogP contribution is -2.09. The maximum Gasteiger partial charge on any atom is 0.372 e. The van der Waals surface area contributed by atoms with Crippen LogP contribution in [0.1, 0.15) is 10.6 Å². The van der Waals surface area contributed by atoms with Crippen molar-refractivity contribution in [1.82, 2.24) is 0 Å². The molecule has 0 aliphatic heterocycles. The molecule has 0 spiro atoms. The number of rotatable bonds is 2. The van der Waals surface area contributed by atoms with Gasteiger partial charge in [-0.15, -0.1) is 0 Å². The normalized spacial score (nSPS) is 10.8. The van der Waals surface area contributed by atoms with Gasteiger partial charge in [-0.1, -0.05) is 41.4 Å². The fourth-order valence-corrected chi connectivity index (χ4v) is 2.69. The maximum atomic E-state index is 12.0. The van der Waals surface area contributed by atoms with E-state index in [4.69, 9.17) is 27.6 Å². The van der Waals surface area contributed by atoms with Crippen LogP contribution >= 0.6 is 23.2 Å². The van der Waals surface area contributed by atoms with Crippen LogP contribution in [0.25, 0.3) is 21.9 Å². The third-order valence-corrected chi connectivity index (χ3v) is 3.79. The van der Waals surface area contributed by atoms with Crippen molar-refractivity contribution < 1.29 is 14.3 Å². The van der Waals surface area contributed by atoms with Gasteiger partial charge in [0.15, 0.2) is 0 Å². The summed E-state index contributed by atoms with van der Waals surface area (Å²) in [5.74, 6) is -1.82. The van der Waals surface area contributed by atoms with Crippen molar-refractivity contribution in [2.45, 2.75) is 0 Å². The van der Waals surface area contributed by atoms with Crippen molar-refractivity contribution in [3.63, 3.8) is 0 Å². The minimum absolute atomic E-state index is 0.232. The maximum absolute atomic E-state index is 12.0.